The maximum atomic E-state index is 12.2. The lowest BCUT2D eigenvalue weighted by Gasteiger charge is -2.09. The van der Waals surface area contributed by atoms with Crippen LogP contribution in [0.4, 0.5) is 25.1 Å². The van der Waals surface area contributed by atoms with Crippen molar-refractivity contribution in [2.75, 3.05) is 11.9 Å². The van der Waals surface area contributed by atoms with Gasteiger partial charge in [-0.3, -0.25) is 4.98 Å². The molecule has 29 heavy (non-hydrogen) atoms. The SMILES string of the molecule is CCOC(=O)n1nc(C)c(-c2cncc(Nc3ccc(OC(F)F)cc3)n2)c1C. The number of benzene rings is 1. The van der Waals surface area contributed by atoms with Gasteiger partial charge in [0.2, 0.25) is 0 Å². The minimum atomic E-state index is -2.88. The fourth-order valence-corrected chi connectivity index (χ4v) is 2.79. The van der Waals surface area contributed by atoms with Crippen LogP contribution in [0, 0.1) is 13.8 Å². The molecular formula is C19H19F2N5O3. The van der Waals surface area contributed by atoms with Crippen LogP contribution in [0.3, 0.4) is 0 Å². The molecule has 0 saturated heterocycles. The summed E-state index contributed by atoms with van der Waals surface area (Å²) >= 11 is 0. The van der Waals surface area contributed by atoms with Crippen LogP contribution >= 0.6 is 0 Å². The first-order valence-corrected chi connectivity index (χ1v) is 8.76. The molecule has 2 aromatic heterocycles. The number of nitrogens with one attached hydrogen (secondary N) is 1. The number of halogens is 2. The molecular weight excluding hydrogens is 384 g/mol. The Balaban J connectivity index is 1.84. The van der Waals surface area contributed by atoms with Crippen molar-refractivity contribution in [3.8, 4) is 17.0 Å². The number of carbonyl (C=O) groups is 1. The Bertz CT molecular complexity index is 1010. The van der Waals surface area contributed by atoms with Crippen LogP contribution in [-0.2, 0) is 4.74 Å². The van der Waals surface area contributed by atoms with E-state index in [1.165, 1.54) is 23.0 Å². The number of aromatic nitrogens is 4. The van der Waals surface area contributed by atoms with Crippen molar-refractivity contribution in [1.82, 2.24) is 19.7 Å². The van der Waals surface area contributed by atoms with E-state index in [0.717, 1.165) is 0 Å². The van der Waals surface area contributed by atoms with Gasteiger partial charge in [-0.2, -0.15) is 18.6 Å². The van der Waals surface area contributed by atoms with Crippen LogP contribution in [-0.4, -0.2) is 39.1 Å². The van der Waals surface area contributed by atoms with Crippen molar-refractivity contribution < 1.29 is 23.0 Å². The zero-order chi connectivity index (χ0) is 21.0. The molecule has 0 saturated carbocycles. The van der Waals surface area contributed by atoms with Gasteiger partial charge in [0.05, 0.1) is 36.1 Å². The zero-order valence-electron chi connectivity index (χ0n) is 16.0. The fraction of sp³-hybridized carbons (Fsp3) is 0.263. The van der Waals surface area contributed by atoms with E-state index in [2.05, 4.69) is 25.1 Å². The molecule has 3 rings (SSSR count). The first kappa shape index (κ1) is 20.2. The quantitative estimate of drug-likeness (QED) is 0.656. The van der Waals surface area contributed by atoms with E-state index in [0.29, 0.717) is 34.2 Å². The molecule has 0 atom stereocenters. The standard InChI is InChI=1S/C19H19F2N5O3/c1-4-28-19(27)26-12(3)17(11(2)25-26)15-9-22-10-16(24-15)23-13-5-7-14(8-6-13)29-18(20)21/h5-10,18H,4H2,1-3H3,(H,23,24). The second kappa shape index (κ2) is 8.63. The molecule has 0 radical (unpaired) electrons. The molecule has 2 heterocycles. The van der Waals surface area contributed by atoms with E-state index in [4.69, 9.17) is 4.74 Å². The van der Waals surface area contributed by atoms with Crippen LogP contribution < -0.4 is 10.1 Å². The molecule has 0 aliphatic rings. The van der Waals surface area contributed by atoms with Crippen molar-refractivity contribution in [1.29, 1.82) is 0 Å². The summed E-state index contributed by atoms with van der Waals surface area (Å²) in [5, 5.41) is 7.28. The van der Waals surface area contributed by atoms with Gasteiger partial charge in [0.25, 0.3) is 0 Å². The molecule has 1 N–H and O–H groups in total. The van der Waals surface area contributed by atoms with Crippen LogP contribution in [0.15, 0.2) is 36.7 Å². The summed E-state index contributed by atoms with van der Waals surface area (Å²) in [6.45, 7) is 2.60. The van der Waals surface area contributed by atoms with E-state index in [1.54, 1.807) is 39.1 Å². The fourth-order valence-electron chi connectivity index (χ4n) is 2.79. The van der Waals surface area contributed by atoms with Crippen molar-refractivity contribution in [2.24, 2.45) is 0 Å². The van der Waals surface area contributed by atoms with Crippen molar-refractivity contribution in [3.63, 3.8) is 0 Å². The van der Waals surface area contributed by atoms with E-state index >= 15 is 0 Å². The molecule has 0 unspecified atom stereocenters. The Kier molecular flexibility index (Phi) is 6.01. The smallest absolute Gasteiger partial charge is 0.434 e. The number of aryl methyl sites for hydroxylation is 1. The molecule has 0 bridgehead atoms. The number of carbonyl (C=O) groups excluding carboxylic acids is 1. The van der Waals surface area contributed by atoms with Gasteiger partial charge in [-0.25, -0.2) is 9.78 Å². The summed E-state index contributed by atoms with van der Waals surface area (Å²) in [4.78, 5) is 20.7. The number of anilines is 2. The minimum absolute atomic E-state index is 0.0583. The molecule has 152 valence electrons. The normalized spacial score (nSPS) is 10.8. The molecule has 10 heteroatoms. The summed E-state index contributed by atoms with van der Waals surface area (Å²) < 4.78 is 35.0. The van der Waals surface area contributed by atoms with Crippen molar-refractivity contribution in [2.45, 2.75) is 27.4 Å². The van der Waals surface area contributed by atoms with E-state index in [-0.39, 0.29) is 12.4 Å². The second-order valence-corrected chi connectivity index (χ2v) is 5.97. The van der Waals surface area contributed by atoms with Gasteiger partial charge >= 0.3 is 12.7 Å². The zero-order valence-corrected chi connectivity index (χ0v) is 16.0. The number of rotatable bonds is 6. The van der Waals surface area contributed by atoms with Crippen molar-refractivity contribution >= 4 is 17.6 Å². The molecule has 0 aliphatic carbocycles. The van der Waals surface area contributed by atoms with Crippen LogP contribution in [0.5, 0.6) is 5.75 Å². The van der Waals surface area contributed by atoms with Crippen LogP contribution in [0.25, 0.3) is 11.3 Å². The van der Waals surface area contributed by atoms with Crippen LogP contribution in [0.1, 0.15) is 18.3 Å². The molecule has 3 aromatic rings. The predicted molar refractivity (Wildman–Crippen MR) is 102 cm³/mol. The minimum Gasteiger partial charge on any atom is -0.448 e. The van der Waals surface area contributed by atoms with Gasteiger partial charge in [-0.05, 0) is 45.0 Å². The average molecular weight is 403 g/mol. The molecule has 1 aromatic carbocycles. The largest absolute Gasteiger partial charge is 0.448 e. The molecule has 8 nitrogen and oxygen atoms in total. The van der Waals surface area contributed by atoms with Gasteiger partial charge in [-0.1, -0.05) is 0 Å². The summed E-state index contributed by atoms with van der Waals surface area (Å²) in [5.74, 6) is 0.496. The Morgan fingerprint density at radius 2 is 1.93 bits per heavy atom. The molecule has 0 fully saturated rings. The van der Waals surface area contributed by atoms with Crippen LogP contribution in [0.2, 0.25) is 0 Å². The highest BCUT2D eigenvalue weighted by molar-refractivity contribution is 5.75. The third kappa shape index (κ3) is 4.65. The first-order chi connectivity index (χ1) is 13.9. The highest BCUT2D eigenvalue weighted by Crippen LogP contribution is 2.27. The maximum Gasteiger partial charge on any atom is 0.434 e. The third-order valence-corrected chi connectivity index (χ3v) is 3.97. The second-order valence-electron chi connectivity index (χ2n) is 5.97. The van der Waals surface area contributed by atoms with E-state index < -0.39 is 12.7 Å². The molecule has 0 aliphatic heterocycles. The first-order valence-electron chi connectivity index (χ1n) is 8.76. The number of hydrogen-bond donors (Lipinski definition) is 1. The lowest BCUT2D eigenvalue weighted by molar-refractivity contribution is -0.0498. The van der Waals surface area contributed by atoms with Crippen molar-refractivity contribution in [3.05, 3.63) is 48.0 Å². The Morgan fingerprint density at radius 3 is 2.59 bits per heavy atom. The average Bonchev–Trinajstić information content (AvgIpc) is 2.98. The number of ether oxygens (including phenoxy) is 2. The number of nitrogens with zero attached hydrogens (tertiary/aromatic N) is 4. The summed E-state index contributed by atoms with van der Waals surface area (Å²) in [5.41, 5.74) is 3.01. The lowest BCUT2D eigenvalue weighted by atomic mass is 10.1. The Morgan fingerprint density at radius 1 is 1.21 bits per heavy atom. The van der Waals surface area contributed by atoms with E-state index in [9.17, 15) is 13.6 Å². The summed E-state index contributed by atoms with van der Waals surface area (Å²) in [6.07, 6.45) is 2.53. The Labute approximate surface area is 165 Å². The highest BCUT2D eigenvalue weighted by atomic mass is 19.3. The Hall–Kier alpha value is -3.56. The van der Waals surface area contributed by atoms with Gasteiger partial charge in [-0.15, -0.1) is 0 Å². The molecule has 0 amide bonds. The van der Waals surface area contributed by atoms with Gasteiger partial charge in [0, 0.05) is 11.3 Å². The van der Waals surface area contributed by atoms with E-state index in [1.807, 2.05) is 0 Å². The monoisotopic (exact) mass is 403 g/mol. The number of alkyl halides is 2. The summed E-state index contributed by atoms with van der Waals surface area (Å²) in [6, 6.07) is 6.01. The lowest BCUT2D eigenvalue weighted by Crippen LogP contribution is -2.16. The maximum absolute atomic E-state index is 12.2. The highest BCUT2D eigenvalue weighted by Gasteiger charge is 2.20. The molecule has 0 spiro atoms. The predicted octanol–water partition coefficient (Wildman–Crippen LogP) is 4.31. The van der Waals surface area contributed by atoms with Gasteiger partial charge in [0.15, 0.2) is 0 Å². The topological polar surface area (TPSA) is 91.2 Å². The number of hydrogen-bond acceptors (Lipinski definition) is 7. The van der Waals surface area contributed by atoms with Gasteiger partial charge < -0.3 is 14.8 Å². The third-order valence-electron chi connectivity index (χ3n) is 3.97. The van der Waals surface area contributed by atoms with Gasteiger partial charge in [0.1, 0.15) is 11.6 Å². The summed E-state index contributed by atoms with van der Waals surface area (Å²) in [7, 11) is 0.